The molecule has 0 saturated carbocycles. The summed E-state index contributed by atoms with van der Waals surface area (Å²) in [5, 5.41) is 0. The zero-order chi connectivity index (χ0) is 24.1. The van der Waals surface area contributed by atoms with E-state index in [0.29, 0.717) is 19.8 Å². The molecule has 0 N–H and O–H groups in total. The van der Waals surface area contributed by atoms with Crippen LogP contribution in [0.3, 0.4) is 0 Å². The number of hydrogen-bond acceptors (Lipinski definition) is 12. The molecule has 1 heterocycles. The van der Waals surface area contributed by atoms with Gasteiger partial charge in [0.1, 0.15) is 12.7 Å². The lowest BCUT2D eigenvalue weighted by Gasteiger charge is -2.44. The zero-order valence-corrected chi connectivity index (χ0v) is 19.0. The first-order valence-electron chi connectivity index (χ1n) is 10.2. The second-order valence-corrected chi connectivity index (χ2v) is 6.75. The van der Waals surface area contributed by atoms with E-state index in [0.717, 1.165) is 20.8 Å². The van der Waals surface area contributed by atoms with Gasteiger partial charge in [-0.1, -0.05) is 0 Å². The van der Waals surface area contributed by atoms with E-state index >= 15 is 0 Å². The number of ether oxygens (including phenoxy) is 8. The topological polar surface area (TPSA) is 142 Å². The molecule has 0 amide bonds. The van der Waals surface area contributed by atoms with E-state index in [1.807, 2.05) is 6.92 Å². The predicted molar refractivity (Wildman–Crippen MR) is 105 cm³/mol. The van der Waals surface area contributed by atoms with Crippen molar-refractivity contribution >= 4 is 23.9 Å². The van der Waals surface area contributed by atoms with Crippen LogP contribution in [0.1, 0.15) is 34.6 Å². The molecule has 0 aromatic heterocycles. The Labute approximate surface area is 186 Å². The Morgan fingerprint density at radius 2 is 1.22 bits per heavy atom. The lowest BCUT2D eigenvalue weighted by atomic mass is 9.98. The van der Waals surface area contributed by atoms with Gasteiger partial charge in [0, 0.05) is 34.3 Å². The summed E-state index contributed by atoms with van der Waals surface area (Å²) < 4.78 is 42.9. The number of rotatable bonds is 13. The van der Waals surface area contributed by atoms with Crippen molar-refractivity contribution in [3.05, 3.63) is 0 Å². The normalized spacial score (nSPS) is 25.0. The smallest absolute Gasteiger partial charge is 0.303 e. The van der Waals surface area contributed by atoms with E-state index < -0.39 is 54.6 Å². The standard InChI is InChI=1S/C20H32O12/c1-6-25-7-8-26-9-10-27-20-19(31-15(5)24)18(30-14(4)23)17(29-13(3)22)16(32-20)11-28-12(2)21/h16-20H,6-11H2,1-5H3/t16?,17?,18-,19-,20+/m1/s1. The third kappa shape index (κ3) is 10.4. The first-order valence-corrected chi connectivity index (χ1v) is 10.2. The van der Waals surface area contributed by atoms with Gasteiger partial charge in [0.2, 0.25) is 0 Å². The number of esters is 4. The molecule has 1 saturated heterocycles. The van der Waals surface area contributed by atoms with E-state index in [4.69, 9.17) is 37.9 Å². The fourth-order valence-electron chi connectivity index (χ4n) is 2.91. The van der Waals surface area contributed by atoms with Crippen molar-refractivity contribution in [1.82, 2.24) is 0 Å². The van der Waals surface area contributed by atoms with Gasteiger partial charge in [0.25, 0.3) is 0 Å². The van der Waals surface area contributed by atoms with Gasteiger partial charge in [-0.15, -0.1) is 0 Å². The van der Waals surface area contributed by atoms with Crippen LogP contribution in [-0.2, 0) is 57.1 Å². The van der Waals surface area contributed by atoms with Gasteiger partial charge in [0.15, 0.2) is 24.6 Å². The highest BCUT2D eigenvalue weighted by Crippen LogP contribution is 2.29. The second-order valence-electron chi connectivity index (χ2n) is 6.75. The summed E-state index contributed by atoms with van der Waals surface area (Å²) in [6.07, 6.45) is -6.01. The Hall–Kier alpha value is -2.28. The molecule has 184 valence electrons. The van der Waals surface area contributed by atoms with E-state index in [-0.39, 0.29) is 19.8 Å². The van der Waals surface area contributed by atoms with E-state index in [9.17, 15) is 19.2 Å². The first-order chi connectivity index (χ1) is 15.1. The summed E-state index contributed by atoms with van der Waals surface area (Å²) in [5.74, 6) is -2.71. The van der Waals surface area contributed by atoms with Gasteiger partial charge in [-0.3, -0.25) is 19.2 Å². The molecule has 0 bridgehead atoms. The molecule has 32 heavy (non-hydrogen) atoms. The van der Waals surface area contributed by atoms with Crippen molar-refractivity contribution in [2.45, 2.75) is 65.3 Å². The SMILES string of the molecule is CCOCCOCCO[C@H]1OC(COC(C)=O)C(OC(C)=O)[C@@H](OC(C)=O)[C@H]1OC(C)=O. The maximum Gasteiger partial charge on any atom is 0.303 e. The molecule has 1 fully saturated rings. The van der Waals surface area contributed by atoms with Crippen LogP contribution in [0.5, 0.6) is 0 Å². The first kappa shape index (κ1) is 27.8. The number of hydrogen-bond donors (Lipinski definition) is 0. The van der Waals surface area contributed by atoms with Crippen molar-refractivity contribution in [1.29, 1.82) is 0 Å². The second kappa shape index (κ2) is 14.7. The van der Waals surface area contributed by atoms with Crippen molar-refractivity contribution < 1.29 is 57.1 Å². The highest BCUT2D eigenvalue weighted by atomic mass is 16.7. The molecule has 2 unspecified atom stereocenters. The van der Waals surface area contributed by atoms with Crippen LogP contribution < -0.4 is 0 Å². The third-order valence-electron chi connectivity index (χ3n) is 4.03. The van der Waals surface area contributed by atoms with E-state index in [2.05, 4.69) is 0 Å². The van der Waals surface area contributed by atoms with Crippen LogP contribution in [0.2, 0.25) is 0 Å². The molecule has 0 aliphatic carbocycles. The minimum absolute atomic E-state index is 0.0415. The van der Waals surface area contributed by atoms with Gasteiger partial charge in [-0.2, -0.15) is 0 Å². The molecular formula is C20H32O12. The minimum atomic E-state index is -1.27. The summed E-state index contributed by atoms with van der Waals surface area (Å²) in [7, 11) is 0. The van der Waals surface area contributed by atoms with Gasteiger partial charge < -0.3 is 37.9 Å². The quantitative estimate of drug-likeness (QED) is 0.208. The predicted octanol–water partition coefficient (Wildman–Crippen LogP) is 0.139. The molecule has 12 nitrogen and oxygen atoms in total. The molecule has 5 atom stereocenters. The Balaban J connectivity index is 3.01. The van der Waals surface area contributed by atoms with E-state index in [1.165, 1.54) is 6.92 Å². The van der Waals surface area contributed by atoms with Crippen molar-refractivity contribution in [3.63, 3.8) is 0 Å². The Bertz CT molecular complexity index is 622. The highest BCUT2D eigenvalue weighted by molar-refractivity contribution is 5.68. The van der Waals surface area contributed by atoms with Crippen LogP contribution in [0, 0.1) is 0 Å². The van der Waals surface area contributed by atoms with Crippen LogP contribution in [0.4, 0.5) is 0 Å². The molecule has 1 rings (SSSR count). The van der Waals surface area contributed by atoms with Gasteiger partial charge in [-0.05, 0) is 6.92 Å². The molecule has 0 aromatic rings. The lowest BCUT2D eigenvalue weighted by Crippen LogP contribution is -2.63. The van der Waals surface area contributed by atoms with Crippen molar-refractivity contribution in [2.24, 2.45) is 0 Å². The largest absolute Gasteiger partial charge is 0.463 e. The Morgan fingerprint density at radius 3 is 1.78 bits per heavy atom. The third-order valence-corrected chi connectivity index (χ3v) is 4.03. The summed E-state index contributed by atoms with van der Waals surface area (Å²) in [6, 6.07) is 0. The highest BCUT2D eigenvalue weighted by Gasteiger charge is 2.52. The molecule has 0 spiro atoms. The molecule has 0 aromatic carbocycles. The summed E-state index contributed by atoms with van der Waals surface area (Å²) in [4.78, 5) is 46.4. The van der Waals surface area contributed by atoms with Crippen LogP contribution in [0.25, 0.3) is 0 Å². The Kier molecular flexibility index (Phi) is 12.8. The zero-order valence-electron chi connectivity index (χ0n) is 19.0. The van der Waals surface area contributed by atoms with Crippen LogP contribution in [0.15, 0.2) is 0 Å². The number of carbonyl (C=O) groups excluding carboxylic acids is 4. The average Bonchev–Trinajstić information content (AvgIpc) is 2.68. The lowest BCUT2D eigenvalue weighted by molar-refractivity contribution is -0.309. The maximum absolute atomic E-state index is 11.7. The minimum Gasteiger partial charge on any atom is -0.463 e. The summed E-state index contributed by atoms with van der Waals surface area (Å²) >= 11 is 0. The van der Waals surface area contributed by atoms with Crippen molar-refractivity contribution in [2.75, 3.05) is 39.6 Å². The number of carbonyl (C=O) groups is 4. The van der Waals surface area contributed by atoms with Gasteiger partial charge in [0.05, 0.1) is 26.4 Å². The van der Waals surface area contributed by atoms with Gasteiger partial charge in [-0.25, -0.2) is 0 Å². The van der Waals surface area contributed by atoms with E-state index in [1.54, 1.807) is 0 Å². The fraction of sp³-hybridized carbons (Fsp3) is 0.800. The molecule has 0 radical (unpaired) electrons. The van der Waals surface area contributed by atoms with Crippen LogP contribution >= 0.6 is 0 Å². The Morgan fingerprint density at radius 1 is 0.688 bits per heavy atom. The average molecular weight is 464 g/mol. The molecular weight excluding hydrogens is 432 g/mol. The molecule has 1 aliphatic heterocycles. The van der Waals surface area contributed by atoms with Crippen LogP contribution in [-0.4, -0.2) is 94.2 Å². The summed E-state index contributed by atoms with van der Waals surface area (Å²) in [5.41, 5.74) is 0. The monoisotopic (exact) mass is 464 g/mol. The fourth-order valence-corrected chi connectivity index (χ4v) is 2.91. The molecule has 12 heteroatoms. The van der Waals surface area contributed by atoms with Gasteiger partial charge >= 0.3 is 23.9 Å². The molecule has 1 aliphatic rings. The maximum atomic E-state index is 11.7. The summed E-state index contributed by atoms with van der Waals surface area (Å²) in [6.45, 7) is 7.78. The van der Waals surface area contributed by atoms with Crippen molar-refractivity contribution in [3.8, 4) is 0 Å².